The first-order chi connectivity index (χ1) is 13.7. The summed E-state index contributed by atoms with van der Waals surface area (Å²) in [5.41, 5.74) is 5.90. The van der Waals surface area contributed by atoms with E-state index in [0.29, 0.717) is 5.02 Å². The summed E-state index contributed by atoms with van der Waals surface area (Å²) in [6.07, 6.45) is 2.99. The van der Waals surface area contributed by atoms with Crippen molar-refractivity contribution in [2.45, 2.75) is 19.9 Å². The van der Waals surface area contributed by atoms with E-state index in [4.69, 9.17) is 21.6 Å². The summed E-state index contributed by atoms with van der Waals surface area (Å²) < 4.78 is 2.20. The van der Waals surface area contributed by atoms with Crippen molar-refractivity contribution in [1.29, 1.82) is 0 Å². The van der Waals surface area contributed by atoms with Crippen molar-refractivity contribution in [3.8, 4) is 0 Å². The van der Waals surface area contributed by atoms with E-state index in [9.17, 15) is 0 Å². The Kier molecular flexibility index (Phi) is 4.14. The molecule has 3 aromatic carbocycles. The van der Waals surface area contributed by atoms with Crippen molar-refractivity contribution in [3.63, 3.8) is 0 Å². The molecule has 0 bridgehead atoms. The lowest BCUT2D eigenvalue weighted by molar-refractivity contribution is 0.697. The first kappa shape index (κ1) is 17.0. The molecule has 5 heteroatoms. The van der Waals surface area contributed by atoms with Gasteiger partial charge < -0.3 is 9.88 Å². The molecule has 0 aliphatic carbocycles. The third-order valence-electron chi connectivity index (χ3n) is 5.00. The monoisotopic (exact) mass is 386 g/mol. The Balaban J connectivity index is 1.87. The van der Waals surface area contributed by atoms with Crippen LogP contribution in [0.3, 0.4) is 0 Å². The minimum absolute atomic E-state index is 0.679. The van der Waals surface area contributed by atoms with Gasteiger partial charge in [0.05, 0.1) is 39.5 Å². The lowest BCUT2D eigenvalue weighted by Gasteiger charge is -2.14. The maximum absolute atomic E-state index is 6.24. The molecular weight excluding hydrogens is 368 g/mol. The van der Waals surface area contributed by atoms with E-state index >= 15 is 0 Å². The van der Waals surface area contributed by atoms with Crippen LogP contribution in [0.5, 0.6) is 0 Å². The quantitative estimate of drug-likeness (QED) is 0.356. The summed E-state index contributed by atoms with van der Waals surface area (Å²) in [5, 5.41) is 6.35. The van der Waals surface area contributed by atoms with E-state index in [2.05, 4.69) is 41.1 Å². The average Bonchev–Trinajstić information content (AvgIpc) is 3.11. The van der Waals surface area contributed by atoms with Crippen LogP contribution >= 0.6 is 11.6 Å². The molecule has 2 heterocycles. The molecule has 0 spiro atoms. The molecule has 0 unspecified atom stereocenters. The molecule has 138 valence electrons. The first-order valence-electron chi connectivity index (χ1n) is 9.43. The van der Waals surface area contributed by atoms with Crippen LogP contribution < -0.4 is 5.32 Å². The second-order valence-corrected chi connectivity index (χ2v) is 7.34. The molecule has 28 heavy (non-hydrogen) atoms. The summed E-state index contributed by atoms with van der Waals surface area (Å²) in [5.74, 6) is 0. The topological polar surface area (TPSA) is 42.7 Å². The number of nitrogens with one attached hydrogen (secondary N) is 1. The van der Waals surface area contributed by atoms with Gasteiger partial charge in [0, 0.05) is 22.6 Å². The van der Waals surface area contributed by atoms with Crippen molar-refractivity contribution in [2.24, 2.45) is 0 Å². The zero-order valence-electron chi connectivity index (χ0n) is 15.5. The van der Waals surface area contributed by atoms with E-state index < -0.39 is 0 Å². The third-order valence-corrected chi connectivity index (χ3v) is 5.23. The van der Waals surface area contributed by atoms with Crippen molar-refractivity contribution < 1.29 is 0 Å². The molecule has 1 N–H and O–H groups in total. The fraction of sp³-hybridized carbons (Fsp3) is 0.130. The molecule has 0 aliphatic rings. The third kappa shape index (κ3) is 2.77. The Bertz CT molecular complexity index is 1310. The number of anilines is 2. The summed E-state index contributed by atoms with van der Waals surface area (Å²) in [6.45, 7) is 3.12. The predicted molar refractivity (Wildman–Crippen MR) is 118 cm³/mol. The second-order valence-electron chi connectivity index (χ2n) is 6.90. The van der Waals surface area contributed by atoms with Crippen LogP contribution in [-0.2, 0) is 6.54 Å². The van der Waals surface area contributed by atoms with Gasteiger partial charge in [-0.25, -0.2) is 9.97 Å². The number of aryl methyl sites for hydroxylation is 1. The van der Waals surface area contributed by atoms with Crippen molar-refractivity contribution >= 4 is 55.8 Å². The minimum Gasteiger partial charge on any atom is -0.354 e. The highest BCUT2D eigenvalue weighted by Crippen LogP contribution is 2.37. The maximum atomic E-state index is 6.24. The number of para-hydroxylation sites is 1. The predicted octanol–water partition coefficient (Wildman–Crippen LogP) is 6.54. The summed E-state index contributed by atoms with van der Waals surface area (Å²) >= 11 is 6.24. The number of hydrogen-bond acceptors (Lipinski definition) is 3. The number of fused-ring (bicyclic) bond motifs is 4. The van der Waals surface area contributed by atoms with Crippen LogP contribution in [-0.4, -0.2) is 14.5 Å². The van der Waals surface area contributed by atoms with Crippen LogP contribution in [0.15, 0.2) is 67.0 Å². The molecule has 0 atom stereocenters. The summed E-state index contributed by atoms with van der Waals surface area (Å²) in [6, 6.07) is 20.2. The molecule has 5 rings (SSSR count). The number of imidazole rings is 1. The van der Waals surface area contributed by atoms with E-state index in [1.807, 2.05) is 42.7 Å². The lowest BCUT2D eigenvalue weighted by atomic mass is 10.1. The molecule has 0 amide bonds. The summed E-state index contributed by atoms with van der Waals surface area (Å²) in [4.78, 5) is 9.62. The minimum atomic E-state index is 0.679. The largest absolute Gasteiger partial charge is 0.354 e. The van der Waals surface area contributed by atoms with Crippen LogP contribution in [0.1, 0.15) is 13.3 Å². The van der Waals surface area contributed by atoms with Gasteiger partial charge in [-0.2, -0.15) is 0 Å². The molecular formula is C23H19ClN4. The molecule has 0 radical (unpaired) electrons. The Morgan fingerprint density at radius 2 is 1.86 bits per heavy atom. The average molecular weight is 387 g/mol. The molecule has 4 nitrogen and oxygen atoms in total. The number of aromatic nitrogens is 3. The van der Waals surface area contributed by atoms with Crippen LogP contribution in [0.4, 0.5) is 11.4 Å². The highest BCUT2D eigenvalue weighted by Gasteiger charge is 2.15. The van der Waals surface area contributed by atoms with Crippen molar-refractivity contribution in [1.82, 2.24) is 14.5 Å². The van der Waals surface area contributed by atoms with Gasteiger partial charge in [0.15, 0.2) is 0 Å². The number of benzene rings is 3. The van der Waals surface area contributed by atoms with Gasteiger partial charge in [-0.15, -0.1) is 0 Å². The van der Waals surface area contributed by atoms with E-state index in [-0.39, 0.29) is 0 Å². The fourth-order valence-electron chi connectivity index (χ4n) is 3.75. The first-order valence-corrected chi connectivity index (χ1v) is 9.81. The maximum Gasteiger partial charge on any atom is 0.0999 e. The van der Waals surface area contributed by atoms with Crippen LogP contribution in [0.2, 0.25) is 5.02 Å². The van der Waals surface area contributed by atoms with E-state index in [0.717, 1.165) is 57.2 Å². The Morgan fingerprint density at radius 1 is 1.00 bits per heavy atom. The van der Waals surface area contributed by atoms with Crippen molar-refractivity contribution in [3.05, 3.63) is 72.0 Å². The number of rotatable bonds is 4. The van der Waals surface area contributed by atoms with Gasteiger partial charge in [0.2, 0.25) is 0 Å². The lowest BCUT2D eigenvalue weighted by Crippen LogP contribution is -1.97. The Hall–Kier alpha value is -3.11. The smallest absolute Gasteiger partial charge is 0.0999 e. The van der Waals surface area contributed by atoms with Gasteiger partial charge in [-0.3, -0.25) is 0 Å². The van der Waals surface area contributed by atoms with Gasteiger partial charge in [-0.05, 0) is 48.9 Å². The number of hydrogen-bond donors (Lipinski definition) is 1. The highest BCUT2D eigenvalue weighted by atomic mass is 35.5. The zero-order valence-corrected chi connectivity index (χ0v) is 16.2. The van der Waals surface area contributed by atoms with E-state index in [1.54, 1.807) is 0 Å². The summed E-state index contributed by atoms with van der Waals surface area (Å²) in [7, 11) is 0. The Morgan fingerprint density at radius 3 is 2.68 bits per heavy atom. The molecule has 0 aliphatic heterocycles. The van der Waals surface area contributed by atoms with Gasteiger partial charge in [0.25, 0.3) is 0 Å². The second kappa shape index (κ2) is 6.80. The standard InChI is InChI=1S/C23H19ClN4/c1-2-12-28-14-25-23-20(28)11-10-18-21(23)22(26-16-6-4-3-5-7-16)17-9-8-15(24)13-19(17)27-18/h3-11,13-14H,2,12H2,1H3,(H,26,27). The van der Waals surface area contributed by atoms with E-state index in [1.165, 1.54) is 0 Å². The van der Waals surface area contributed by atoms with Crippen LogP contribution in [0, 0.1) is 0 Å². The SMILES string of the molecule is CCCn1cnc2c3c(Nc4ccccc4)c4ccc(Cl)cc4nc3ccc21. The fourth-order valence-corrected chi connectivity index (χ4v) is 3.92. The molecule has 0 saturated carbocycles. The van der Waals surface area contributed by atoms with Gasteiger partial charge in [0.1, 0.15) is 0 Å². The molecule has 0 fully saturated rings. The number of nitrogens with zero attached hydrogens (tertiary/aromatic N) is 3. The van der Waals surface area contributed by atoms with Crippen molar-refractivity contribution in [2.75, 3.05) is 5.32 Å². The zero-order chi connectivity index (χ0) is 19.1. The molecule has 0 saturated heterocycles. The van der Waals surface area contributed by atoms with Crippen LogP contribution in [0.25, 0.3) is 32.8 Å². The van der Waals surface area contributed by atoms with Gasteiger partial charge >= 0.3 is 0 Å². The van der Waals surface area contributed by atoms with Gasteiger partial charge in [-0.1, -0.05) is 36.7 Å². The Labute approximate surface area is 167 Å². The molecule has 5 aromatic rings. The number of halogens is 1. The highest BCUT2D eigenvalue weighted by molar-refractivity contribution is 6.31. The normalized spacial score (nSPS) is 11.5. The molecule has 2 aromatic heterocycles. The number of pyridine rings is 1.